The topological polar surface area (TPSA) is 143 Å². The summed E-state index contributed by atoms with van der Waals surface area (Å²) in [4.78, 5) is 36.9. The van der Waals surface area contributed by atoms with Gasteiger partial charge in [0.05, 0.1) is 0 Å². The third-order valence-corrected chi connectivity index (χ3v) is 2.28. The minimum Gasteiger partial charge on any atom is -0.505 e. The second kappa shape index (κ2) is 6.34. The second-order valence-electron chi connectivity index (χ2n) is 3.74. The quantitative estimate of drug-likeness (QED) is 0.533. The minimum absolute atomic E-state index is 0.135. The van der Waals surface area contributed by atoms with E-state index in [4.69, 9.17) is 10.8 Å². The van der Waals surface area contributed by atoms with E-state index in [-0.39, 0.29) is 24.3 Å². The van der Waals surface area contributed by atoms with E-state index in [0.717, 1.165) is 0 Å². The van der Waals surface area contributed by atoms with Crippen LogP contribution in [0.5, 0.6) is 5.75 Å². The Bertz CT molecular complexity index is 503. The fourth-order valence-electron chi connectivity index (χ4n) is 1.34. The van der Waals surface area contributed by atoms with Crippen molar-refractivity contribution in [1.82, 2.24) is 10.3 Å². The normalized spacial score (nSPS) is 11.6. The van der Waals surface area contributed by atoms with E-state index in [0.29, 0.717) is 0 Å². The molecule has 8 heteroatoms. The number of aromatic hydroxyl groups is 1. The molecule has 1 atom stereocenters. The molecular formula is C11H13N3O5. The Kier molecular flexibility index (Phi) is 4.81. The molecule has 1 aromatic heterocycles. The first kappa shape index (κ1) is 14.4. The lowest BCUT2D eigenvalue weighted by atomic mass is 10.1. The molecule has 0 fully saturated rings. The maximum Gasteiger partial charge on any atom is 0.326 e. The van der Waals surface area contributed by atoms with Crippen LogP contribution in [-0.4, -0.2) is 39.0 Å². The first-order chi connectivity index (χ1) is 8.91. The number of hydrogen-bond acceptors (Lipinski definition) is 5. The average Bonchev–Trinajstić information content (AvgIpc) is 2.34. The van der Waals surface area contributed by atoms with Crippen molar-refractivity contribution in [2.45, 2.75) is 18.9 Å². The molecule has 1 rings (SSSR count). The van der Waals surface area contributed by atoms with Crippen molar-refractivity contribution in [3.8, 4) is 5.75 Å². The van der Waals surface area contributed by atoms with Gasteiger partial charge in [0.25, 0.3) is 5.91 Å². The van der Waals surface area contributed by atoms with E-state index < -0.39 is 23.8 Å². The Labute approximate surface area is 108 Å². The van der Waals surface area contributed by atoms with Gasteiger partial charge in [-0.25, -0.2) is 9.78 Å². The number of carboxylic acids is 1. The van der Waals surface area contributed by atoms with Gasteiger partial charge in [0.2, 0.25) is 5.91 Å². The highest BCUT2D eigenvalue weighted by Crippen LogP contribution is 2.12. The van der Waals surface area contributed by atoms with Crippen LogP contribution in [0, 0.1) is 0 Å². The largest absolute Gasteiger partial charge is 0.505 e. The molecule has 19 heavy (non-hydrogen) atoms. The van der Waals surface area contributed by atoms with Crippen LogP contribution in [0.15, 0.2) is 18.3 Å². The molecule has 5 N–H and O–H groups in total. The zero-order chi connectivity index (χ0) is 14.4. The molecule has 2 amide bonds. The number of aliphatic carboxylic acids is 1. The van der Waals surface area contributed by atoms with Gasteiger partial charge in [-0.3, -0.25) is 9.59 Å². The number of amides is 2. The number of carbonyl (C=O) groups excluding carboxylic acids is 2. The molecule has 0 bridgehead atoms. The number of primary amides is 1. The molecule has 0 unspecified atom stereocenters. The number of carboxylic acid groups (broad SMARTS) is 1. The summed E-state index contributed by atoms with van der Waals surface area (Å²) in [6.45, 7) is 0. The van der Waals surface area contributed by atoms with Crippen molar-refractivity contribution < 1.29 is 24.6 Å². The van der Waals surface area contributed by atoms with E-state index in [9.17, 15) is 19.5 Å². The predicted molar refractivity (Wildman–Crippen MR) is 63.2 cm³/mol. The summed E-state index contributed by atoms with van der Waals surface area (Å²) in [7, 11) is 0. The number of nitrogens with one attached hydrogen (secondary N) is 1. The molecule has 0 aliphatic heterocycles. The third kappa shape index (κ3) is 4.26. The van der Waals surface area contributed by atoms with Crippen molar-refractivity contribution >= 4 is 17.8 Å². The van der Waals surface area contributed by atoms with E-state index in [1.165, 1.54) is 18.3 Å². The number of aromatic nitrogens is 1. The van der Waals surface area contributed by atoms with Crippen molar-refractivity contribution in [2.75, 3.05) is 0 Å². The second-order valence-corrected chi connectivity index (χ2v) is 3.74. The first-order valence-corrected chi connectivity index (χ1v) is 5.37. The van der Waals surface area contributed by atoms with Crippen molar-refractivity contribution in [1.29, 1.82) is 0 Å². The molecule has 0 saturated carbocycles. The van der Waals surface area contributed by atoms with Gasteiger partial charge in [0.1, 0.15) is 11.8 Å². The monoisotopic (exact) mass is 267 g/mol. The summed E-state index contributed by atoms with van der Waals surface area (Å²) in [5.74, 6) is -3.17. The summed E-state index contributed by atoms with van der Waals surface area (Å²) < 4.78 is 0. The smallest absolute Gasteiger partial charge is 0.326 e. The van der Waals surface area contributed by atoms with Gasteiger partial charge in [0, 0.05) is 12.6 Å². The molecule has 0 spiro atoms. The van der Waals surface area contributed by atoms with E-state index in [1.807, 2.05) is 0 Å². The summed E-state index contributed by atoms with van der Waals surface area (Å²) >= 11 is 0. The summed E-state index contributed by atoms with van der Waals surface area (Å²) in [5.41, 5.74) is 4.63. The Hall–Kier alpha value is -2.64. The van der Waals surface area contributed by atoms with Crippen LogP contribution in [0.2, 0.25) is 0 Å². The molecule has 102 valence electrons. The first-order valence-electron chi connectivity index (χ1n) is 5.37. The molecule has 0 aromatic carbocycles. The lowest BCUT2D eigenvalue weighted by molar-refractivity contribution is -0.139. The van der Waals surface area contributed by atoms with Crippen LogP contribution in [0.25, 0.3) is 0 Å². The van der Waals surface area contributed by atoms with Gasteiger partial charge < -0.3 is 21.3 Å². The standard InChI is InChI=1S/C11H13N3O5/c12-8(16)4-3-6(11(18)19)14-10(17)9-7(15)2-1-5-13-9/h1-2,5-6,15H,3-4H2,(H2,12,16)(H,14,17)(H,18,19)/t6-/m0/s1. The molecule has 8 nitrogen and oxygen atoms in total. The average molecular weight is 267 g/mol. The summed E-state index contributed by atoms with van der Waals surface area (Å²) in [6.07, 6.45) is 0.975. The van der Waals surface area contributed by atoms with Crippen LogP contribution >= 0.6 is 0 Å². The highest BCUT2D eigenvalue weighted by atomic mass is 16.4. The molecule has 0 aliphatic carbocycles. The number of hydrogen-bond donors (Lipinski definition) is 4. The maximum absolute atomic E-state index is 11.7. The van der Waals surface area contributed by atoms with Crippen LogP contribution in [0.4, 0.5) is 0 Å². The van der Waals surface area contributed by atoms with Crippen LogP contribution < -0.4 is 11.1 Å². The lowest BCUT2D eigenvalue weighted by Crippen LogP contribution is -2.41. The van der Waals surface area contributed by atoms with Crippen LogP contribution in [0.1, 0.15) is 23.3 Å². The van der Waals surface area contributed by atoms with Gasteiger partial charge >= 0.3 is 5.97 Å². The van der Waals surface area contributed by atoms with E-state index in [2.05, 4.69) is 10.3 Å². The minimum atomic E-state index is -1.30. The molecule has 1 aromatic rings. The zero-order valence-electron chi connectivity index (χ0n) is 9.87. The lowest BCUT2D eigenvalue weighted by Gasteiger charge is -2.13. The number of nitrogens with zero attached hydrogens (tertiary/aromatic N) is 1. The Morgan fingerprint density at radius 1 is 1.42 bits per heavy atom. The molecular weight excluding hydrogens is 254 g/mol. The number of rotatable bonds is 6. The molecule has 0 aliphatic rings. The van der Waals surface area contributed by atoms with Crippen molar-refractivity contribution in [2.24, 2.45) is 5.73 Å². The Morgan fingerprint density at radius 2 is 2.11 bits per heavy atom. The van der Waals surface area contributed by atoms with Crippen molar-refractivity contribution in [3.63, 3.8) is 0 Å². The number of pyridine rings is 1. The maximum atomic E-state index is 11.7. The highest BCUT2D eigenvalue weighted by molar-refractivity contribution is 5.97. The summed E-state index contributed by atoms with van der Waals surface area (Å²) in [6, 6.07) is 1.40. The van der Waals surface area contributed by atoms with Gasteiger partial charge in [-0.05, 0) is 18.6 Å². The molecule has 1 heterocycles. The van der Waals surface area contributed by atoms with Gasteiger partial charge in [-0.2, -0.15) is 0 Å². The highest BCUT2D eigenvalue weighted by Gasteiger charge is 2.23. The fraction of sp³-hybridized carbons (Fsp3) is 0.273. The molecule has 0 saturated heterocycles. The van der Waals surface area contributed by atoms with Gasteiger partial charge in [0.15, 0.2) is 5.69 Å². The SMILES string of the molecule is NC(=O)CC[C@H](NC(=O)c1ncccc1O)C(=O)O. The Morgan fingerprint density at radius 3 is 2.63 bits per heavy atom. The summed E-state index contributed by atoms with van der Waals surface area (Å²) in [5, 5.41) is 20.5. The van der Waals surface area contributed by atoms with Crippen LogP contribution in [-0.2, 0) is 9.59 Å². The predicted octanol–water partition coefficient (Wildman–Crippen LogP) is -0.764. The Balaban J connectivity index is 2.74. The number of carbonyl (C=O) groups is 3. The van der Waals surface area contributed by atoms with Gasteiger partial charge in [-0.1, -0.05) is 0 Å². The van der Waals surface area contributed by atoms with E-state index >= 15 is 0 Å². The zero-order valence-corrected chi connectivity index (χ0v) is 9.87. The third-order valence-electron chi connectivity index (χ3n) is 2.28. The van der Waals surface area contributed by atoms with Crippen molar-refractivity contribution in [3.05, 3.63) is 24.0 Å². The molecule has 0 radical (unpaired) electrons. The fourth-order valence-corrected chi connectivity index (χ4v) is 1.34. The van der Waals surface area contributed by atoms with E-state index in [1.54, 1.807) is 0 Å². The van der Waals surface area contributed by atoms with Crippen LogP contribution in [0.3, 0.4) is 0 Å². The number of nitrogens with two attached hydrogens (primary N) is 1. The van der Waals surface area contributed by atoms with Gasteiger partial charge in [-0.15, -0.1) is 0 Å².